The molecule has 1 heterocycles. The summed E-state index contributed by atoms with van der Waals surface area (Å²) in [5.41, 5.74) is 11.7. The molecule has 84 valence electrons. The maximum Gasteiger partial charge on any atom is 0.242 e. The maximum absolute atomic E-state index is 10.9. The van der Waals surface area contributed by atoms with Crippen molar-refractivity contribution in [1.29, 1.82) is 0 Å². The van der Waals surface area contributed by atoms with Crippen molar-refractivity contribution in [3.05, 3.63) is 11.9 Å². The molecular weight excluding hydrogens is 194 g/mol. The van der Waals surface area contributed by atoms with Gasteiger partial charge in [-0.2, -0.15) is 0 Å². The van der Waals surface area contributed by atoms with Crippen LogP contribution in [-0.2, 0) is 4.79 Å². The Morgan fingerprint density at radius 1 is 1.67 bits per heavy atom. The molecular formula is C9H17N5O. The van der Waals surface area contributed by atoms with Crippen LogP contribution < -0.4 is 11.5 Å². The molecule has 1 rings (SSSR count). The molecule has 6 nitrogen and oxygen atoms in total. The topological polar surface area (TPSA) is 99.8 Å². The monoisotopic (exact) mass is 211 g/mol. The van der Waals surface area contributed by atoms with E-state index in [4.69, 9.17) is 11.5 Å². The highest BCUT2D eigenvalue weighted by atomic mass is 16.1. The van der Waals surface area contributed by atoms with Crippen LogP contribution in [-0.4, -0.2) is 20.9 Å². The van der Waals surface area contributed by atoms with Crippen molar-refractivity contribution >= 4 is 5.91 Å². The molecule has 4 N–H and O–H groups in total. The highest BCUT2D eigenvalue weighted by Gasteiger charge is 2.15. The Morgan fingerprint density at radius 2 is 2.33 bits per heavy atom. The highest BCUT2D eigenvalue weighted by Crippen LogP contribution is 2.13. The van der Waals surface area contributed by atoms with Crippen LogP contribution in [0.25, 0.3) is 0 Å². The van der Waals surface area contributed by atoms with E-state index < -0.39 is 11.9 Å². The van der Waals surface area contributed by atoms with Gasteiger partial charge in [-0.15, -0.1) is 5.10 Å². The lowest BCUT2D eigenvalue weighted by Crippen LogP contribution is -2.24. The van der Waals surface area contributed by atoms with Crippen molar-refractivity contribution in [2.75, 3.05) is 0 Å². The average Bonchev–Trinajstić information content (AvgIpc) is 2.65. The smallest absolute Gasteiger partial charge is 0.242 e. The van der Waals surface area contributed by atoms with Crippen LogP contribution in [0.4, 0.5) is 0 Å². The van der Waals surface area contributed by atoms with Crippen molar-refractivity contribution in [2.45, 2.75) is 38.8 Å². The summed E-state index contributed by atoms with van der Waals surface area (Å²) in [5.74, 6) is -0.435. The Bertz CT molecular complexity index is 335. The molecule has 0 radical (unpaired) electrons. The predicted molar refractivity (Wildman–Crippen MR) is 55.8 cm³/mol. The standard InChI is InChI=1S/C9H17N5O/c1-3-4-7(10)8-5-14(13-12-8)6(2)9(11)15/h5-7H,3-4,10H2,1-2H3,(H2,11,15). The minimum Gasteiger partial charge on any atom is -0.368 e. The number of nitrogens with zero attached hydrogens (tertiary/aromatic N) is 3. The molecule has 0 spiro atoms. The number of carbonyl (C=O) groups is 1. The van der Waals surface area contributed by atoms with Gasteiger partial charge in [0.2, 0.25) is 5.91 Å². The first-order valence-electron chi connectivity index (χ1n) is 5.02. The van der Waals surface area contributed by atoms with Gasteiger partial charge in [0.15, 0.2) is 0 Å². The summed E-state index contributed by atoms with van der Waals surface area (Å²) < 4.78 is 1.44. The van der Waals surface area contributed by atoms with Crippen LogP contribution in [0.15, 0.2) is 6.20 Å². The second-order valence-corrected chi connectivity index (χ2v) is 3.60. The summed E-state index contributed by atoms with van der Waals surface area (Å²) >= 11 is 0. The van der Waals surface area contributed by atoms with Crippen LogP contribution in [0.2, 0.25) is 0 Å². The van der Waals surface area contributed by atoms with E-state index in [1.54, 1.807) is 13.1 Å². The first-order valence-corrected chi connectivity index (χ1v) is 5.02. The van der Waals surface area contributed by atoms with Crippen LogP contribution in [0, 0.1) is 0 Å². The normalized spacial score (nSPS) is 14.9. The molecule has 6 heteroatoms. The van der Waals surface area contributed by atoms with Crippen LogP contribution in [0.5, 0.6) is 0 Å². The molecule has 0 fully saturated rings. The first-order chi connectivity index (χ1) is 7.06. The van der Waals surface area contributed by atoms with Gasteiger partial charge in [-0.3, -0.25) is 4.79 Å². The molecule has 1 aromatic rings. The van der Waals surface area contributed by atoms with Crippen molar-refractivity contribution in [3.8, 4) is 0 Å². The van der Waals surface area contributed by atoms with E-state index in [2.05, 4.69) is 17.2 Å². The first kappa shape index (κ1) is 11.6. The minimum absolute atomic E-state index is 0.121. The number of nitrogens with two attached hydrogens (primary N) is 2. The third-order valence-corrected chi connectivity index (χ3v) is 2.32. The van der Waals surface area contributed by atoms with E-state index >= 15 is 0 Å². The summed E-state index contributed by atoms with van der Waals surface area (Å²) in [7, 11) is 0. The number of primary amides is 1. The van der Waals surface area contributed by atoms with Crippen LogP contribution in [0.1, 0.15) is 44.5 Å². The number of carbonyl (C=O) groups excluding carboxylic acids is 1. The summed E-state index contributed by atoms with van der Waals surface area (Å²) in [6, 6.07) is -0.607. The lowest BCUT2D eigenvalue weighted by Gasteiger charge is -2.06. The summed E-state index contributed by atoms with van der Waals surface area (Å²) in [5, 5.41) is 7.74. The Kier molecular flexibility index (Phi) is 3.79. The van der Waals surface area contributed by atoms with Crippen molar-refractivity contribution < 1.29 is 4.79 Å². The van der Waals surface area contributed by atoms with E-state index in [-0.39, 0.29) is 6.04 Å². The van der Waals surface area contributed by atoms with E-state index in [1.165, 1.54) is 4.68 Å². The maximum atomic E-state index is 10.9. The van der Waals surface area contributed by atoms with Gasteiger partial charge in [-0.05, 0) is 13.3 Å². The molecule has 0 aromatic carbocycles. The summed E-state index contributed by atoms with van der Waals surface area (Å²) in [4.78, 5) is 10.9. The van der Waals surface area contributed by atoms with E-state index in [0.717, 1.165) is 12.8 Å². The van der Waals surface area contributed by atoms with E-state index in [1.807, 2.05) is 0 Å². The second-order valence-electron chi connectivity index (χ2n) is 3.60. The van der Waals surface area contributed by atoms with Gasteiger partial charge in [0.05, 0.1) is 17.9 Å². The Labute approximate surface area is 88.6 Å². The summed E-state index contributed by atoms with van der Waals surface area (Å²) in [6.45, 7) is 3.72. The number of hydrogen-bond acceptors (Lipinski definition) is 4. The van der Waals surface area contributed by atoms with Gasteiger partial charge in [-0.1, -0.05) is 18.6 Å². The molecule has 2 atom stereocenters. The number of amides is 1. The van der Waals surface area contributed by atoms with E-state index in [0.29, 0.717) is 5.69 Å². The third kappa shape index (κ3) is 2.76. The Balaban J connectivity index is 2.75. The molecule has 0 saturated heterocycles. The lowest BCUT2D eigenvalue weighted by molar-refractivity contribution is -0.120. The fraction of sp³-hybridized carbons (Fsp3) is 0.667. The molecule has 1 amide bonds. The van der Waals surface area contributed by atoms with Gasteiger partial charge in [0.25, 0.3) is 0 Å². The van der Waals surface area contributed by atoms with Gasteiger partial charge < -0.3 is 11.5 Å². The SMILES string of the molecule is CCCC(N)c1cn(C(C)C(N)=O)nn1. The van der Waals surface area contributed by atoms with Crippen LogP contribution >= 0.6 is 0 Å². The quantitative estimate of drug-likeness (QED) is 0.722. The lowest BCUT2D eigenvalue weighted by atomic mass is 10.1. The molecule has 0 aliphatic heterocycles. The third-order valence-electron chi connectivity index (χ3n) is 2.32. The van der Waals surface area contributed by atoms with E-state index in [9.17, 15) is 4.79 Å². The largest absolute Gasteiger partial charge is 0.368 e. The van der Waals surface area contributed by atoms with Gasteiger partial charge in [-0.25, -0.2) is 4.68 Å². The van der Waals surface area contributed by atoms with Gasteiger partial charge in [0.1, 0.15) is 6.04 Å². The molecule has 0 aliphatic carbocycles. The highest BCUT2D eigenvalue weighted by molar-refractivity contribution is 5.77. The minimum atomic E-state index is -0.486. The Hall–Kier alpha value is -1.43. The van der Waals surface area contributed by atoms with Crippen molar-refractivity contribution in [3.63, 3.8) is 0 Å². The number of hydrogen-bond donors (Lipinski definition) is 2. The van der Waals surface area contributed by atoms with Crippen molar-refractivity contribution in [2.24, 2.45) is 11.5 Å². The number of aromatic nitrogens is 3. The molecule has 15 heavy (non-hydrogen) atoms. The van der Waals surface area contributed by atoms with Crippen molar-refractivity contribution in [1.82, 2.24) is 15.0 Å². The molecule has 1 aromatic heterocycles. The fourth-order valence-corrected chi connectivity index (χ4v) is 1.24. The summed E-state index contributed by atoms with van der Waals surface area (Å²) in [6.07, 6.45) is 3.51. The van der Waals surface area contributed by atoms with Gasteiger partial charge in [0, 0.05) is 0 Å². The molecule has 0 saturated carbocycles. The zero-order chi connectivity index (χ0) is 11.4. The molecule has 0 aliphatic rings. The average molecular weight is 211 g/mol. The zero-order valence-electron chi connectivity index (χ0n) is 9.05. The second kappa shape index (κ2) is 4.88. The molecule has 0 bridgehead atoms. The van der Waals surface area contributed by atoms with Crippen LogP contribution in [0.3, 0.4) is 0 Å². The zero-order valence-corrected chi connectivity index (χ0v) is 9.05. The van der Waals surface area contributed by atoms with Gasteiger partial charge >= 0.3 is 0 Å². The Morgan fingerprint density at radius 3 is 2.87 bits per heavy atom. The fourth-order valence-electron chi connectivity index (χ4n) is 1.24. The molecule has 2 unspecified atom stereocenters. The number of rotatable bonds is 5. The predicted octanol–water partition coefficient (Wildman–Crippen LogP) is 0.124.